The molecule has 10 heavy (non-hydrogen) atoms. The van der Waals surface area contributed by atoms with Gasteiger partial charge in [-0.25, -0.2) is 0 Å². The Morgan fingerprint density at radius 3 is 2.50 bits per heavy atom. The largest absolute Gasteiger partial charge is 0.459 e. The highest BCUT2D eigenvalue weighted by Gasteiger charge is 2.10. The van der Waals surface area contributed by atoms with Crippen LogP contribution in [0.4, 0.5) is 0 Å². The number of unbranched alkanes of at least 4 members (excludes halogenated alkanes) is 1. The van der Waals surface area contributed by atoms with Gasteiger partial charge in [0.1, 0.15) is 12.5 Å². The van der Waals surface area contributed by atoms with Crippen LogP contribution in [0.25, 0.3) is 0 Å². The molecule has 0 saturated heterocycles. The maximum Gasteiger partial charge on any atom is 0.239 e. The highest BCUT2D eigenvalue weighted by atomic mass is 35.5. The van der Waals surface area contributed by atoms with Crippen molar-refractivity contribution in [2.24, 2.45) is 0 Å². The van der Waals surface area contributed by atoms with E-state index in [1.165, 1.54) is 0 Å². The Morgan fingerprint density at radius 1 is 1.20 bits per heavy atom. The van der Waals surface area contributed by atoms with Crippen molar-refractivity contribution in [2.45, 2.75) is 25.6 Å². The third-order valence-electron chi connectivity index (χ3n) is 1.34. The van der Waals surface area contributed by atoms with E-state index >= 15 is 0 Å². The highest BCUT2D eigenvalue weighted by Crippen LogP contribution is 2.12. The second kappa shape index (κ2) is 4.45. The van der Waals surface area contributed by atoms with E-state index in [2.05, 4.69) is 0 Å². The quantitative estimate of drug-likeness (QED) is 0.466. The average Bonchev–Trinajstić information content (AvgIpc) is 2.41. The maximum atomic E-state index is 5.49. The summed E-state index contributed by atoms with van der Waals surface area (Å²) in [6, 6.07) is 0. The Hall–Kier alpha value is -0.370. The first kappa shape index (κ1) is 7.73. The lowest BCUT2D eigenvalue weighted by molar-refractivity contribution is -0.0291. The lowest BCUT2D eigenvalue weighted by Crippen LogP contribution is -2.06. The summed E-state index contributed by atoms with van der Waals surface area (Å²) in [6.07, 6.45) is 6.13. The molecule has 1 rings (SSSR count). The fraction of sp³-hybridized carbons (Fsp3) is 0.714. The zero-order valence-electron chi connectivity index (χ0n) is 5.75. The molecule has 0 radical (unpaired) electrons. The number of halogens is 1. The Morgan fingerprint density at radius 2 is 1.90 bits per heavy atom. The van der Waals surface area contributed by atoms with Crippen LogP contribution in [0.5, 0.6) is 0 Å². The zero-order chi connectivity index (χ0) is 7.23. The van der Waals surface area contributed by atoms with Crippen molar-refractivity contribution in [1.82, 2.24) is 0 Å². The Bertz CT molecular complexity index is 106. The minimum atomic E-state index is -0.0526. The summed E-state index contributed by atoms with van der Waals surface area (Å²) in [5, 5.41) is 0. The molecular formula is C7H11ClO2. The molecule has 0 aromatic carbocycles. The Labute approximate surface area is 65.8 Å². The molecule has 3 heteroatoms. The first-order chi connectivity index (χ1) is 4.93. The zero-order valence-corrected chi connectivity index (χ0v) is 6.51. The molecule has 0 unspecified atom stereocenters. The standard InChI is InChI=1S/C7H11ClO2/c8-4-2-1-3-7-9-5-6-10-7/h5-7H,1-4H2. The normalized spacial score (nSPS) is 16.9. The van der Waals surface area contributed by atoms with Gasteiger partial charge in [0.05, 0.1) is 0 Å². The lowest BCUT2D eigenvalue weighted by Gasteiger charge is -2.08. The number of alkyl halides is 1. The van der Waals surface area contributed by atoms with Crippen LogP contribution in [-0.4, -0.2) is 12.2 Å². The van der Waals surface area contributed by atoms with E-state index in [0.717, 1.165) is 25.1 Å². The lowest BCUT2D eigenvalue weighted by atomic mass is 10.2. The molecule has 0 fully saturated rings. The predicted octanol–water partition coefficient (Wildman–Crippen LogP) is 2.24. The van der Waals surface area contributed by atoms with Gasteiger partial charge in [-0.1, -0.05) is 0 Å². The minimum Gasteiger partial charge on any atom is -0.459 e. The molecule has 0 saturated carbocycles. The van der Waals surface area contributed by atoms with Crippen LogP contribution in [0.3, 0.4) is 0 Å². The summed E-state index contributed by atoms with van der Waals surface area (Å²) < 4.78 is 10.1. The first-order valence-electron chi connectivity index (χ1n) is 3.45. The second-order valence-electron chi connectivity index (χ2n) is 2.16. The monoisotopic (exact) mass is 162 g/mol. The molecule has 0 bridgehead atoms. The molecular weight excluding hydrogens is 152 g/mol. The summed E-state index contributed by atoms with van der Waals surface area (Å²) in [4.78, 5) is 0. The van der Waals surface area contributed by atoms with Crippen LogP contribution in [0.15, 0.2) is 12.5 Å². The number of rotatable bonds is 4. The van der Waals surface area contributed by atoms with Crippen LogP contribution >= 0.6 is 11.6 Å². The van der Waals surface area contributed by atoms with Gasteiger partial charge in [-0.3, -0.25) is 0 Å². The Balaban J connectivity index is 1.93. The summed E-state index contributed by atoms with van der Waals surface area (Å²) in [5.74, 6) is 0.722. The van der Waals surface area contributed by atoms with Gasteiger partial charge in [0.2, 0.25) is 6.29 Å². The van der Waals surface area contributed by atoms with Gasteiger partial charge in [0, 0.05) is 12.3 Å². The summed E-state index contributed by atoms with van der Waals surface area (Å²) >= 11 is 5.49. The van der Waals surface area contributed by atoms with Crippen molar-refractivity contribution in [1.29, 1.82) is 0 Å². The van der Waals surface area contributed by atoms with Crippen molar-refractivity contribution >= 4 is 11.6 Å². The van der Waals surface area contributed by atoms with E-state index in [4.69, 9.17) is 21.1 Å². The highest BCUT2D eigenvalue weighted by molar-refractivity contribution is 6.17. The van der Waals surface area contributed by atoms with E-state index in [0.29, 0.717) is 0 Å². The minimum absolute atomic E-state index is 0.0526. The number of hydrogen-bond acceptors (Lipinski definition) is 2. The second-order valence-corrected chi connectivity index (χ2v) is 2.54. The molecule has 0 N–H and O–H groups in total. The van der Waals surface area contributed by atoms with E-state index < -0.39 is 0 Å². The smallest absolute Gasteiger partial charge is 0.239 e. The van der Waals surface area contributed by atoms with E-state index in [1.54, 1.807) is 12.5 Å². The van der Waals surface area contributed by atoms with Crippen molar-refractivity contribution in [2.75, 3.05) is 5.88 Å². The molecule has 0 aromatic heterocycles. The number of ether oxygens (including phenoxy) is 2. The molecule has 2 nitrogen and oxygen atoms in total. The van der Waals surface area contributed by atoms with Gasteiger partial charge < -0.3 is 9.47 Å². The molecule has 0 amide bonds. The molecule has 0 aromatic rings. The molecule has 58 valence electrons. The van der Waals surface area contributed by atoms with Crippen molar-refractivity contribution in [3.05, 3.63) is 12.5 Å². The van der Waals surface area contributed by atoms with Gasteiger partial charge in [-0.2, -0.15) is 0 Å². The maximum absolute atomic E-state index is 5.49. The van der Waals surface area contributed by atoms with Crippen molar-refractivity contribution in [3.8, 4) is 0 Å². The van der Waals surface area contributed by atoms with Crippen molar-refractivity contribution < 1.29 is 9.47 Å². The predicted molar refractivity (Wildman–Crippen MR) is 39.7 cm³/mol. The number of hydrogen-bond donors (Lipinski definition) is 0. The molecule has 1 aliphatic heterocycles. The molecule has 0 spiro atoms. The molecule has 1 aliphatic rings. The first-order valence-corrected chi connectivity index (χ1v) is 3.99. The third-order valence-corrected chi connectivity index (χ3v) is 1.61. The SMILES string of the molecule is ClCCCCC1OC=CO1. The Kier molecular flexibility index (Phi) is 3.44. The molecule has 0 aliphatic carbocycles. The van der Waals surface area contributed by atoms with E-state index in [1.807, 2.05) is 0 Å². The van der Waals surface area contributed by atoms with Gasteiger partial charge in [0.25, 0.3) is 0 Å². The molecule has 1 heterocycles. The summed E-state index contributed by atoms with van der Waals surface area (Å²) in [6.45, 7) is 0. The topological polar surface area (TPSA) is 18.5 Å². The summed E-state index contributed by atoms with van der Waals surface area (Å²) in [7, 11) is 0. The van der Waals surface area contributed by atoms with Gasteiger partial charge in [-0.15, -0.1) is 11.6 Å². The fourth-order valence-electron chi connectivity index (χ4n) is 0.813. The van der Waals surface area contributed by atoms with Crippen molar-refractivity contribution in [3.63, 3.8) is 0 Å². The van der Waals surface area contributed by atoms with Crippen LogP contribution in [0, 0.1) is 0 Å². The van der Waals surface area contributed by atoms with Crippen LogP contribution in [-0.2, 0) is 9.47 Å². The molecule has 0 atom stereocenters. The van der Waals surface area contributed by atoms with Gasteiger partial charge in [0.15, 0.2) is 0 Å². The van der Waals surface area contributed by atoms with Crippen LogP contribution in [0.2, 0.25) is 0 Å². The van der Waals surface area contributed by atoms with E-state index in [9.17, 15) is 0 Å². The van der Waals surface area contributed by atoms with Gasteiger partial charge >= 0.3 is 0 Å². The summed E-state index contributed by atoms with van der Waals surface area (Å²) in [5.41, 5.74) is 0. The van der Waals surface area contributed by atoms with E-state index in [-0.39, 0.29) is 6.29 Å². The average molecular weight is 163 g/mol. The van der Waals surface area contributed by atoms with Crippen LogP contribution in [0.1, 0.15) is 19.3 Å². The van der Waals surface area contributed by atoms with Gasteiger partial charge in [-0.05, 0) is 12.8 Å². The fourth-order valence-corrected chi connectivity index (χ4v) is 1.00. The third kappa shape index (κ3) is 2.48. The van der Waals surface area contributed by atoms with Crippen LogP contribution < -0.4 is 0 Å².